The zero-order valence-corrected chi connectivity index (χ0v) is 25.6. The van der Waals surface area contributed by atoms with E-state index in [1.54, 1.807) is 6.08 Å². The molecule has 0 spiro atoms. The van der Waals surface area contributed by atoms with Gasteiger partial charge in [0.1, 0.15) is 18.0 Å². The molecule has 0 N–H and O–H groups in total. The summed E-state index contributed by atoms with van der Waals surface area (Å²) in [6.45, 7) is 12.5. The molecule has 2 heterocycles. The first-order chi connectivity index (χ1) is 20.5. The maximum atomic E-state index is 13.5. The second kappa shape index (κ2) is 12.6. The summed E-state index contributed by atoms with van der Waals surface area (Å²) in [7, 11) is 0. The molecular weight excluding hydrogens is 549 g/mol. The quantitative estimate of drug-likeness (QED) is 0.221. The van der Waals surface area contributed by atoms with Crippen molar-refractivity contribution in [2.24, 2.45) is 10.8 Å². The largest absolute Gasteiger partial charge is 0.477 e. The van der Waals surface area contributed by atoms with Gasteiger partial charge in [-0.05, 0) is 77.6 Å². The number of carbonyl (C=O) groups is 2. The van der Waals surface area contributed by atoms with Gasteiger partial charge in [-0.15, -0.1) is 0 Å². The molecule has 0 bridgehead atoms. The SMILES string of the molecule is C=CCOC(=O)N(CC1(COc2ccc(F)cn2)CCN(CC2(C(=O)OC(C)(C)C)CC2)CC1)[C@@H]1C[C@H]1c1ccccc1. The van der Waals surface area contributed by atoms with E-state index in [0.29, 0.717) is 25.6 Å². The average Bonchev–Trinajstić information content (AvgIpc) is 3.91. The van der Waals surface area contributed by atoms with Gasteiger partial charge in [0.25, 0.3) is 0 Å². The maximum absolute atomic E-state index is 13.5. The van der Waals surface area contributed by atoms with Gasteiger partial charge in [-0.2, -0.15) is 0 Å². The highest BCUT2D eigenvalue weighted by Gasteiger charge is 2.54. The van der Waals surface area contributed by atoms with E-state index in [0.717, 1.165) is 51.4 Å². The number of pyridine rings is 1. The Kier molecular flexibility index (Phi) is 9.11. The summed E-state index contributed by atoms with van der Waals surface area (Å²) in [5, 5.41) is 0. The standard InChI is InChI=1S/C34H44FN3O5/c1-5-19-41-31(40)38(28-20-27(28)25-9-7-6-8-10-25)22-33(24-42-29-12-11-26(35)21-36-29)15-17-37(18-16-33)23-34(13-14-34)30(39)43-32(2,3)4/h5-12,21,27-28H,1,13-20,22-24H2,2-4H3/t27-,28+/m0/s1. The molecule has 2 atom stereocenters. The Bertz CT molecular complexity index is 1270. The molecule has 0 radical (unpaired) electrons. The highest BCUT2D eigenvalue weighted by molar-refractivity contribution is 5.80. The molecule has 1 amide bonds. The number of ether oxygens (including phenoxy) is 3. The number of aromatic nitrogens is 1. The highest BCUT2D eigenvalue weighted by atomic mass is 19.1. The molecule has 2 saturated carbocycles. The monoisotopic (exact) mass is 593 g/mol. The third-order valence-electron chi connectivity index (χ3n) is 8.80. The normalized spacial score (nSPS) is 22.2. The predicted octanol–water partition coefficient (Wildman–Crippen LogP) is 5.98. The molecule has 1 aromatic heterocycles. The van der Waals surface area contributed by atoms with E-state index < -0.39 is 16.8 Å². The first-order valence-corrected chi connectivity index (χ1v) is 15.3. The van der Waals surface area contributed by atoms with E-state index in [2.05, 4.69) is 28.6 Å². The Balaban J connectivity index is 1.31. The Morgan fingerprint density at radius 1 is 1.12 bits per heavy atom. The average molecular weight is 594 g/mol. The molecule has 232 valence electrons. The number of halogens is 1. The summed E-state index contributed by atoms with van der Waals surface area (Å²) in [6.07, 6.45) is 6.43. The lowest BCUT2D eigenvalue weighted by molar-refractivity contribution is -0.162. The first kappa shape index (κ1) is 31.0. The number of hydrogen-bond acceptors (Lipinski definition) is 7. The van der Waals surface area contributed by atoms with Gasteiger partial charge in [-0.1, -0.05) is 43.0 Å². The van der Waals surface area contributed by atoms with E-state index in [1.165, 1.54) is 17.7 Å². The fourth-order valence-corrected chi connectivity index (χ4v) is 6.08. The minimum atomic E-state index is -0.514. The smallest absolute Gasteiger partial charge is 0.410 e. The zero-order chi connectivity index (χ0) is 30.7. The summed E-state index contributed by atoms with van der Waals surface area (Å²) in [5.41, 5.74) is -0.119. The molecule has 8 nitrogen and oxygen atoms in total. The van der Waals surface area contributed by atoms with E-state index in [1.807, 2.05) is 43.9 Å². The van der Waals surface area contributed by atoms with Crippen molar-refractivity contribution >= 4 is 12.1 Å². The maximum Gasteiger partial charge on any atom is 0.410 e. The minimum absolute atomic E-state index is 0.0282. The topological polar surface area (TPSA) is 81.2 Å². The van der Waals surface area contributed by atoms with Gasteiger partial charge in [0.2, 0.25) is 5.88 Å². The Hall–Kier alpha value is -3.46. The molecule has 1 saturated heterocycles. The third kappa shape index (κ3) is 7.93. The van der Waals surface area contributed by atoms with Gasteiger partial charge >= 0.3 is 12.1 Å². The van der Waals surface area contributed by atoms with Crippen LogP contribution < -0.4 is 4.74 Å². The van der Waals surface area contributed by atoms with Crippen LogP contribution in [0.1, 0.15) is 64.4 Å². The molecule has 9 heteroatoms. The van der Waals surface area contributed by atoms with Gasteiger partial charge in [-0.25, -0.2) is 14.2 Å². The first-order valence-electron chi connectivity index (χ1n) is 15.3. The van der Waals surface area contributed by atoms with E-state index in [4.69, 9.17) is 14.2 Å². The second-order valence-electron chi connectivity index (χ2n) is 13.5. The summed E-state index contributed by atoms with van der Waals surface area (Å²) in [5.74, 6) is 0.0582. The number of piperidine rings is 1. The van der Waals surface area contributed by atoms with E-state index in [-0.39, 0.29) is 36.0 Å². The number of benzene rings is 1. The molecular formula is C34H44FN3O5. The van der Waals surface area contributed by atoms with Crippen molar-refractivity contribution in [3.63, 3.8) is 0 Å². The van der Waals surface area contributed by atoms with Gasteiger partial charge in [0.15, 0.2) is 0 Å². The van der Waals surface area contributed by atoms with E-state index >= 15 is 0 Å². The van der Waals surface area contributed by atoms with Crippen molar-refractivity contribution in [1.82, 2.24) is 14.8 Å². The third-order valence-corrected chi connectivity index (χ3v) is 8.80. The van der Waals surface area contributed by atoms with Crippen LogP contribution in [0.5, 0.6) is 5.88 Å². The zero-order valence-electron chi connectivity index (χ0n) is 25.6. The number of esters is 1. The van der Waals surface area contributed by atoms with Crippen molar-refractivity contribution in [3.05, 3.63) is 72.7 Å². The fraction of sp³-hybridized carbons (Fsp3) is 0.559. The van der Waals surface area contributed by atoms with Crippen LogP contribution in [-0.4, -0.2) is 77.9 Å². The van der Waals surface area contributed by atoms with Crippen LogP contribution in [0.25, 0.3) is 0 Å². The minimum Gasteiger partial charge on any atom is -0.477 e. The Morgan fingerprint density at radius 3 is 2.44 bits per heavy atom. The summed E-state index contributed by atoms with van der Waals surface area (Å²) < 4.78 is 31.0. The molecule has 1 aliphatic heterocycles. The van der Waals surface area contributed by atoms with Crippen LogP contribution in [-0.2, 0) is 14.3 Å². The molecule has 3 fully saturated rings. The van der Waals surface area contributed by atoms with Gasteiger partial charge in [0, 0.05) is 36.5 Å². The number of hydrogen-bond donors (Lipinski definition) is 0. The van der Waals surface area contributed by atoms with E-state index in [9.17, 15) is 14.0 Å². The lowest BCUT2D eigenvalue weighted by Crippen LogP contribution is -2.52. The summed E-state index contributed by atoms with van der Waals surface area (Å²) >= 11 is 0. The molecule has 1 aromatic carbocycles. The number of carbonyl (C=O) groups excluding carboxylic acids is 2. The lowest BCUT2D eigenvalue weighted by Gasteiger charge is -2.44. The number of amides is 1. The molecule has 5 rings (SSSR count). The number of rotatable bonds is 12. The van der Waals surface area contributed by atoms with Crippen LogP contribution in [0.2, 0.25) is 0 Å². The van der Waals surface area contributed by atoms with Crippen molar-refractivity contribution in [1.29, 1.82) is 0 Å². The lowest BCUT2D eigenvalue weighted by atomic mass is 9.78. The predicted molar refractivity (Wildman–Crippen MR) is 161 cm³/mol. The fourth-order valence-electron chi connectivity index (χ4n) is 6.08. The van der Waals surface area contributed by atoms with Crippen molar-refractivity contribution in [3.8, 4) is 5.88 Å². The molecule has 43 heavy (non-hydrogen) atoms. The van der Waals surface area contributed by atoms with Gasteiger partial charge in [0.05, 0.1) is 18.2 Å². The van der Waals surface area contributed by atoms with Crippen LogP contribution in [0.3, 0.4) is 0 Å². The van der Waals surface area contributed by atoms with Crippen LogP contribution in [0, 0.1) is 16.6 Å². The molecule has 2 aliphatic carbocycles. The Morgan fingerprint density at radius 2 is 1.84 bits per heavy atom. The number of nitrogens with zero attached hydrogens (tertiary/aromatic N) is 3. The Labute approximate surface area is 254 Å². The summed E-state index contributed by atoms with van der Waals surface area (Å²) in [4.78, 5) is 34.7. The highest BCUT2D eigenvalue weighted by Crippen LogP contribution is 2.50. The van der Waals surface area contributed by atoms with Crippen molar-refractivity contribution in [2.75, 3.05) is 39.4 Å². The molecule has 3 aliphatic rings. The van der Waals surface area contributed by atoms with Crippen LogP contribution in [0.4, 0.5) is 9.18 Å². The van der Waals surface area contributed by atoms with Crippen molar-refractivity contribution in [2.45, 2.75) is 70.4 Å². The molecule has 2 aromatic rings. The van der Waals surface area contributed by atoms with Crippen LogP contribution >= 0.6 is 0 Å². The molecule has 0 unspecified atom stereocenters. The van der Waals surface area contributed by atoms with Gasteiger partial charge in [-0.3, -0.25) is 4.79 Å². The van der Waals surface area contributed by atoms with Gasteiger partial charge < -0.3 is 24.0 Å². The van der Waals surface area contributed by atoms with Crippen molar-refractivity contribution < 1.29 is 28.2 Å². The van der Waals surface area contributed by atoms with Crippen LogP contribution in [0.15, 0.2) is 61.3 Å². The number of likely N-dealkylation sites (tertiary alicyclic amines) is 1. The second-order valence-corrected chi connectivity index (χ2v) is 13.5. The summed E-state index contributed by atoms with van der Waals surface area (Å²) in [6, 6.07) is 13.1.